The highest BCUT2D eigenvalue weighted by molar-refractivity contribution is 7.85. The van der Waals surface area contributed by atoms with E-state index in [1.165, 1.54) is 0 Å². The SMILES string of the molecule is NNc1cncc(NC2CCS(=O)CC2)n1. The van der Waals surface area contributed by atoms with Gasteiger partial charge in [-0.3, -0.25) is 9.19 Å². The molecule has 0 aliphatic carbocycles. The molecule has 0 atom stereocenters. The molecule has 0 radical (unpaired) electrons. The van der Waals surface area contributed by atoms with Gasteiger partial charge in [-0.1, -0.05) is 0 Å². The summed E-state index contributed by atoms with van der Waals surface area (Å²) < 4.78 is 11.2. The summed E-state index contributed by atoms with van der Waals surface area (Å²) in [6.07, 6.45) is 5.04. The lowest BCUT2D eigenvalue weighted by atomic mass is 10.1. The van der Waals surface area contributed by atoms with Crippen LogP contribution in [-0.2, 0) is 10.8 Å². The second-order valence-corrected chi connectivity index (χ2v) is 5.40. The van der Waals surface area contributed by atoms with Crippen LogP contribution in [0.2, 0.25) is 0 Å². The van der Waals surface area contributed by atoms with Crippen LogP contribution in [0.15, 0.2) is 12.4 Å². The number of hydrazine groups is 1. The van der Waals surface area contributed by atoms with Gasteiger partial charge in [-0.25, -0.2) is 10.8 Å². The maximum Gasteiger partial charge on any atom is 0.160 e. The van der Waals surface area contributed by atoms with Crippen LogP contribution in [0.3, 0.4) is 0 Å². The van der Waals surface area contributed by atoms with Crippen molar-refractivity contribution in [3.05, 3.63) is 12.4 Å². The van der Waals surface area contributed by atoms with E-state index in [1.807, 2.05) is 0 Å². The van der Waals surface area contributed by atoms with Crippen LogP contribution >= 0.6 is 0 Å². The van der Waals surface area contributed by atoms with Crippen LogP contribution < -0.4 is 16.6 Å². The number of nitrogens with zero attached hydrogens (tertiary/aromatic N) is 2. The molecular weight excluding hydrogens is 226 g/mol. The van der Waals surface area contributed by atoms with Crippen molar-refractivity contribution < 1.29 is 4.21 Å². The number of nitrogens with one attached hydrogen (secondary N) is 2. The van der Waals surface area contributed by atoms with Crippen molar-refractivity contribution in [2.24, 2.45) is 5.84 Å². The zero-order valence-electron chi connectivity index (χ0n) is 8.85. The molecule has 1 aromatic rings. The Morgan fingerprint density at radius 1 is 1.31 bits per heavy atom. The van der Waals surface area contributed by atoms with Gasteiger partial charge >= 0.3 is 0 Å². The van der Waals surface area contributed by atoms with Gasteiger partial charge in [0.15, 0.2) is 5.82 Å². The van der Waals surface area contributed by atoms with E-state index in [1.54, 1.807) is 12.4 Å². The smallest absolute Gasteiger partial charge is 0.160 e. The van der Waals surface area contributed by atoms with Crippen LogP contribution in [0.5, 0.6) is 0 Å². The number of rotatable bonds is 3. The molecule has 88 valence electrons. The zero-order valence-corrected chi connectivity index (χ0v) is 9.67. The topological polar surface area (TPSA) is 92.9 Å². The van der Waals surface area contributed by atoms with E-state index in [2.05, 4.69) is 20.7 Å². The molecule has 0 amide bonds. The highest BCUT2D eigenvalue weighted by Crippen LogP contribution is 2.14. The molecule has 1 aromatic heterocycles. The summed E-state index contributed by atoms with van der Waals surface area (Å²) in [5.74, 6) is 8.01. The fourth-order valence-corrected chi connectivity index (χ4v) is 2.95. The Kier molecular flexibility index (Phi) is 3.68. The molecule has 1 fully saturated rings. The summed E-state index contributed by atoms with van der Waals surface area (Å²) in [4.78, 5) is 8.23. The van der Waals surface area contributed by atoms with E-state index in [-0.39, 0.29) is 0 Å². The number of nitrogen functional groups attached to an aromatic ring is 1. The Morgan fingerprint density at radius 2 is 2.00 bits per heavy atom. The molecule has 1 aliphatic heterocycles. The minimum atomic E-state index is -0.633. The van der Waals surface area contributed by atoms with Gasteiger partial charge in [0.2, 0.25) is 0 Å². The molecule has 1 aliphatic rings. The molecule has 0 saturated carbocycles. The van der Waals surface area contributed by atoms with E-state index in [4.69, 9.17) is 5.84 Å². The molecule has 6 nitrogen and oxygen atoms in total. The number of aromatic nitrogens is 2. The predicted molar refractivity (Wildman–Crippen MR) is 64.4 cm³/mol. The van der Waals surface area contributed by atoms with Crippen molar-refractivity contribution in [1.29, 1.82) is 0 Å². The molecule has 0 bridgehead atoms. The fourth-order valence-electron chi connectivity index (χ4n) is 1.65. The monoisotopic (exact) mass is 241 g/mol. The molecule has 2 rings (SSSR count). The Morgan fingerprint density at radius 3 is 2.69 bits per heavy atom. The number of hydrogen-bond donors (Lipinski definition) is 3. The van der Waals surface area contributed by atoms with Crippen LogP contribution in [0.1, 0.15) is 12.8 Å². The van der Waals surface area contributed by atoms with Crippen molar-refractivity contribution >= 4 is 22.4 Å². The van der Waals surface area contributed by atoms with Gasteiger partial charge in [0.1, 0.15) is 5.82 Å². The van der Waals surface area contributed by atoms with Crippen molar-refractivity contribution in [3.8, 4) is 0 Å². The summed E-state index contributed by atoms with van der Waals surface area (Å²) in [7, 11) is -0.633. The predicted octanol–water partition coefficient (Wildman–Crippen LogP) is 0.0852. The zero-order chi connectivity index (χ0) is 11.4. The number of hydrogen-bond acceptors (Lipinski definition) is 6. The quantitative estimate of drug-likeness (QED) is 0.513. The van der Waals surface area contributed by atoms with E-state index in [0.717, 1.165) is 24.3 Å². The maximum atomic E-state index is 11.2. The third-order valence-corrected chi connectivity index (χ3v) is 3.90. The van der Waals surface area contributed by atoms with Crippen molar-refractivity contribution in [3.63, 3.8) is 0 Å². The Labute approximate surface area is 96.5 Å². The molecule has 16 heavy (non-hydrogen) atoms. The fraction of sp³-hybridized carbons (Fsp3) is 0.556. The van der Waals surface area contributed by atoms with Gasteiger partial charge in [-0.05, 0) is 12.8 Å². The number of nitrogens with two attached hydrogens (primary N) is 1. The minimum absolute atomic E-state index is 0.333. The molecule has 0 unspecified atom stereocenters. The molecule has 0 aromatic carbocycles. The highest BCUT2D eigenvalue weighted by atomic mass is 32.2. The second-order valence-electron chi connectivity index (χ2n) is 3.70. The summed E-state index contributed by atoms with van der Waals surface area (Å²) in [6, 6.07) is 0.333. The minimum Gasteiger partial charge on any atom is -0.366 e. The lowest BCUT2D eigenvalue weighted by Crippen LogP contribution is -2.29. The Hall–Kier alpha value is -1.21. The normalized spacial score (nSPS) is 25.1. The largest absolute Gasteiger partial charge is 0.366 e. The highest BCUT2D eigenvalue weighted by Gasteiger charge is 2.17. The van der Waals surface area contributed by atoms with Crippen molar-refractivity contribution in [1.82, 2.24) is 9.97 Å². The van der Waals surface area contributed by atoms with Gasteiger partial charge in [0.05, 0.1) is 12.4 Å². The second kappa shape index (κ2) is 5.22. The van der Waals surface area contributed by atoms with Gasteiger partial charge in [0, 0.05) is 28.3 Å². The molecule has 2 heterocycles. The Balaban J connectivity index is 1.95. The van der Waals surface area contributed by atoms with E-state index in [9.17, 15) is 4.21 Å². The first-order chi connectivity index (χ1) is 7.78. The van der Waals surface area contributed by atoms with E-state index in [0.29, 0.717) is 17.7 Å². The van der Waals surface area contributed by atoms with Gasteiger partial charge < -0.3 is 10.7 Å². The lowest BCUT2D eigenvalue weighted by molar-refractivity contribution is 0.622. The lowest BCUT2D eigenvalue weighted by Gasteiger charge is -2.22. The first-order valence-electron chi connectivity index (χ1n) is 5.18. The summed E-state index contributed by atoms with van der Waals surface area (Å²) >= 11 is 0. The standard InChI is InChI=1S/C9H15N5OS/c10-14-9-6-11-5-8(13-9)12-7-1-3-16(15)4-2-7/h5-7H,1-4,10H2,(H2,12,13,14). The van der Waals surface area contributed by atoms with Crippen LogP contribution in [0, 0.1) is 0 Å². The summed E-state index contributed by atoms with van der Waals surface area (Å²) in [5.41, 5.74) is 2.45. The van der Waals surface area contributed by atoms with Crippen LogP contribution in [-0.4, -0.2) is 31.7 Å². The first-order valence-corrected chi connectivity index (χ1v) is 6.67. The van der Waals surface area contributed by atoms with Gasteiger partial charge in [-0.15, -0.1) is 0 Å². The molecule has 4 N–H and O–H groups in total. The van der Waals surface area contributed by atoms with Crippen molar-refractivity contribution in [2.75, 3.05) is 22.2 Å². The van der Waals surface area contributed by atoms with E-state index >= 15 is 0 Å². The van der Waals surface area contributed by atoms with Crippen LogP contribution in [0.25, 0.3) is 0 Å². The average molecular weight is 241 g/mol. The van der Waals surface area contributed by atoms with Crippen LogP contribution in [0.4, 0.5) is 11.6 Å². The summed E-state index contributed by atoms with van der Waals surface area (Å²) in [5, 5.41) is 3.27. The van der Waals surface area contributed by atoms with E-state index < -0.39 is 10.8 Å². The third kappa shape index (κ3) is 2.89. The molecule has 7 heteroatoms. The van der Waals surface area contributed by atoms with Gasteiger partial charge in [0.25, 0.3) is 0 Å². The first kappa shape index (κ1) is 11.3. The maximum absolute atomic E-state index is 11.2. The molecule has 1 saturated heterocycles. The van der Waals surface area contributed by atoms with Crippen molar-refractivity contribution in [2.45, 2.75) is 18.9 Å². The van der Waals surface area contributed by atoms with Gasteiger partial charge in [-0.2, -0.15) is 0 Å². The Bertz CT molecular complexity index is 376. The average Bonchev–Trinajstić information content (AvgIpc) is 2.32. The third-order valence-electron chi connectivity index (χ3n) is 2.52. The molecule has 0 spiro atoms. The molecular formula is C9H15N5OS. The summed E-state index contributed by atoms with van der Waals surface area (Å²) in [6.45, 7) is 0. The number of anilines is 2.